The van der Waals surface area contributed by atoms with E-state index in [1.807, 2.05) is 11.8 Å². The molecular weight excluding hydrogens is 288 g/mol. The minimum absolute atomic E-state index is 0.702. The summed E-state index contributed by atoms with van der Waals surface area (Å²) in [5.41, 5.74) is 4.38. The lowest BCUT2D eigenvalue weighted by Gasteiger charge is -2.47. The van der Waals surface area contributed by atoms with Gasteiger partial charge in [-0.3, -0.25) is 4.90 Å². The van der Waals surface area contributed by atoms with Gasteiger partial charge in [-0.1, -0.05) is 25.6 Å². The quantitative estimate of drug-likeness (QED) is 0.862. The summed E-state index contributed by atoms with van der Waals surface area (Å²) < 4.78 is 0. The summed E-state index contributed by atoms with van der Waals surface area (Å²) in [6.45, 7) is 8.65. The molecular formula is C19H28N2S. The highest BCUT2D eigenvalue weighted by atomic mass is 32.2. The second-order valence-electron chi connectivity index (χ2n) is 6.52. The average molecular weight is 317 g/mol. The molecule has 1 aromatic carbocycles. The molecule has 1 aliphatic carbocycles. The third-order valence-corrected chi connectivity index (χ3v) is 6.30. The number of hydrogen-bond donors (Lipinski definition) is 1. The van der Waals surface area contributed by atoms with E-state index in [9.17, 15) is 0 Å². The zero-order valence-electron chi connectivity index (χ0n) is 13.8. The van der Waals surface area contributed by atoms with Crippen LogP contribution in [0.1, 0.15) is 43.2 Å². The second kappa shape index (κ2) is 7.10. The Bertz CT molecular complexity index is 528. The zero-order valence-corrected chi connectivity index (χ0v) is 14.7. The lowest BCUT2D eigenvalue weighted by molar-refractivity contribution is 0.117. The molecule has 1 aromatic rings. The van der Waals surface area contributed by atoms with Crippen LogP contribution in [0.3, 0.4) is 0 Å². The number of nitrogens with zero attached hydrogens (tertiary/aromatic N) is 1. The van der Waals surface area contributed by atoms with Crippen LogP contribution in [-0.4, -0.2) is 35.5 Å². The average Bonchev–Trinajstić information content (AvgIpc) is 2.55. The first-order valence-electron chi connectivity index (χ1n) is 8.54. The fourth-order valence-electron chi connectivity index (χ4n) is 4.37. The summed E-state index contributed by atoms with van der Waals surface area (Å²) in [7, 11) is 0. The Morgan fingerprint density at radius 1 is 1.45 bits per heavy atom. The van der Waals surface area contributed by atoms with Gasteiger partial charge >= 0.3 is 0 Å². The maximum Gasteiger partial charge on any atom is 0.0414 e. The normalized spacial score (nSPS) is 27.8. The van der Waals surface area contributed by atoms with Crippen LogP contribution in [0.2, 0.25) is 0 Å². The molecule has 1 fully saturated rings. The fraction of sp³-hybridized carbons (Fsp3) is 0.579. The highest BCUT2D eigenvalue weighted by molar-refractivity contribution is 7.99. The molecule has 0 aromatic heterocycles. The van der Waals surface area contributed by atoms with Crippen LogP contribution < -0.4 is 5.32 Å². The van der Waals surface area contributed by atoms with Gasteiger partial charge in [-0.25, -0.2) is 0 Å². The molecule has 22 heavy (non-hydrogen) atoms. The van der Waals surface area contributed by atoms with Crippen LogP contribution in [0.4, 0.5) is 5.69 Å². The molecule has 2 nitrogen and oxygen atoms in total. The number of thioether (sulfide) groups is 1. The molecule has 0 radical (unpaired) electrons. The smallest absolute Gasteiger partial charge is 0.0414 e. The molecule has 0 saturated carbocycles. The van der Waals surface area contributed by atoms with Gasteiger partial charge < -0.3 is 5.32 Å². The number of rotatable bonds is 5. The van der Waals surface area contributed by atoms with E-state index < -0.39 is 0 Å². The first-order valence-corrected chi connectivity index (χ1v) is 9.83. The molecule has 3 atom stereocenters. The molecule has 0 amide bonds. The Kier molecular flexibility index (Phi) is 5.14. The van der Waals surface area contributed by atoms with Crippen molar-refractivity contribution in [2.24, 2.45) is 0 Å². The van der Waals surface area contributed by atoms with Crippen molar-refractivity contribution in [3.8, 4) is 0 Å². The summed E-state index contributed by atoms with van der Waals surface area (Å²) >= 11 is 2.05. The SMILES string of the molecule is C=CNc1cccc2c1CCC1C2CC(SC)CN1CCC. The summed E-state index contributed by atoms with van der Waals surface area (Å²) in [6.07, 6.45) is 9.16. The summed E-state index contributed by atoms with van der Waals surface area (Å²) in [5.74, 6) is 0.702. The molecule has 1 saturated heterocycles. The molecule has 1 N–H and O–H groups in total. The van der Waals surface area contributed by atoms with E-state index in [1.165, 1.54) is 50.0 Å². The maximum absolute atomic E-state index is 3.83. The molecule has 1 heterocycles. The van der Waals surface area contributed by atoms with Crippen LogP contribution in [0.15, 0.2) is 31.0 Å². The molecule has 3 unspecified atom stereocenters. The summed E-state index contributed by atoms with van der Waals surface area (Å²) in [5, 5.41) is 4.11. The standard InChI is InChI=1S/C19H28N2S/c1-4-11-21-13-14(22-3)12-17-15-7-6-8-18(20-5-2)16(15)9-10-19(17)21/h5-8,14,17,19-20H,2,4,9-13H2,1,3H3. The van der Waals surface area contributed by atoms with Crippen LogP contribution in [-0.2, 0) is 6.42 Å². The minimum atomic E-state index is 0.702. The minimum Gasteiger partial charge on any atom is -0.362 e. The van der Waals surface area contributed by atoms with Gasteiger partial charge in [-0.15, -0.1) is 0 Å². The number of fused-ring (bicyclic) bond motifs is 3. The van der Waals surface area contributed by atoms with E-state index in [0.29, 0.717) is 5.92 Å². The Labute approximate surface area is 139 Å². The zero-order chi connectivity index (χ0) is 15.5. The van der Waals surface area contributed by atoms with E-state index >= 15 is 0 Å². The number of piperidine rings is 1. The molecule has 2 aliphatic rings. The number of likely N-dealkylation sites (tertiary alicyclic amines) is 1. The maximum atomic E-state index is 3.83. The Balaban J connectivity index is 1.94. The predicted octanol–water partition coefficient (Wildman–Crippen LogP) is 4.49. The van der Waals surface area contributed by atoms with Gasteiger partial charge in [0.1, 0.15) is 0 Å². The third kappa shape index (κ3) is 2.93. The van der Waals surface area contributed by atoms with Crippen molar-refractivity contribution in [3.05, 3.63) is 42.1 Å². The first-order chi connectivity index (χ1) is 10.8. The number of benzene rings is 1. The van der Waals surface area contributed by atoms with Crippen molar-refractivity contribution >= 4 is 17.4 Å². The number of hydrogen-bond acceptors (Lipinski definition) is 3. The van der Waals surface area contributed by atoms with Crippen LogP contribution in [0.5, 0.6) is 0 Å². The topological polar surface area (TPSA) is 15.3 Å². The number of nitrogens with one attached hydrogen (secondary N) is 1. The van der Waals surface area contributed by atoms with Gasteiger partial charge in [0.15, 0.2) is 0 Å². The van der Waals surface area contributed by atoms with Gasteiger partial charge in [-0.05, 0) is 61.9 Å². The van der Waals surface area contributed by atoms with Crippen molar-refractivity contribution in [2.75, 3.05) is 24.7 Å². The van der Waals surface area contributed by atoms with Gasteiger partial charge in [0, 0.05) is 29.4 Å². The van der Waals surface area contributed by atoms with Gasteiger partial charge in [-0.2, -0.15) is 11.8 Å². The number of anilines is 1. The first kappa shape index (κ1) is 15.9. The predicted molar refractivity (Wildman–Crippen MR) is 98.9 cm³/mol. The monoisotopic (exact) mass is 316 g/mol. The van der Waals surface area contributed by atoms with Gasteiger partial charge in [0.2, 0.25) is 0 Å². The van der Waals surface area contributed by atoms with Crippen LogP contribution >= 0.6 is 11.8 Å². The molecule has 0 spiro atoms. The molecule has 120 valence electrons. The van der Waals surface area contributed by atoms with Crippen molar-refractivity contribution in [1.82, 2.24) is 4.90 Å². The Morgan fingerprint density at radius 3 is 3.05 bits per heavy atom. The molecule has 0 bridgehead atoms. The molecule has 1 aliphatic heterocycles. The highest BCUT2D eigenvalue weighted by Gasteiger charge is 2.39. The highest BCUT2D eigenvalue weighted by Crippen LogP contribution is 2.44. The third-order valence-electron chi connectivity index (χ3n) is 5.29. The molecule has 3 rings (SSSR count). The van der Waals surface area contributed by atoms with E-state index in [0.717, 1.165) is 11.3 Å². The van der Waals surface area contributed by atoms with Gasteiger partial charge in [0.05, 0.1) is 0 Å². The van der Waals surface area contributed by atoms with Gasteiger partial charge in [0.25, 0.3) is 0 Å². The van der Waals surface area contributed by atoms with Crippen molar-refractivity contribution in [2.45, 2.75) is 49.8 Å². The largest absolute Gasteiger partial charge is 0.362 e. The Hall–Kier alpha value is -0.930. The van der Waals surface area contributed by atoms with Crippen LogP contribution in [0.25, 0.3) is 0 Å². The molecule has 3 heteroatoms. The Morgan fingerprint density at radius 2 is 2.32 bits per heavy atom. The van der Waals surface area contributed by atoms with Crippen molar-refractivity contribution < 1.29 is 0 Å². The fourth-order valence-corrected chi connectivity index (χ4v) is 5.11. The van der Waals surface area contributed by atoms with Crippen LogP contribution in [0, 0.1) is 0 Å². The van der Waals surface area contributed by atoms with E-state index in [4.69, 9.17) is 0 Å². The lowest BCUT2D eigenvalue weighted by Crippen LogP contribution is -2.50. The van der Waals surface area contributed by atoms with E-state index in [-0.39, 0.29) is 0 Å². The van der Waals surface area contributed by atoms with Crippen molar-refractivity contribution in [1.29, 1.82) is 0 Å². The van der Waals surface area contributed by atoms with E-state index in [1.54, 1.807) is 11.8 Å². The lowest BCUT2D eigenvalue weighted by atomic mass is 9.73. The van der Waals surface area contributed by atoms with Crippen molar-refractivity contribution in [3.63, 3.8) is 0 Å². The second-order valence-corrected chi connectivity index (χ2v) is 7.66. The summed E-state index contributed by atoms with van der Waals surface area (Å²) in [6, 6.07) is 7.52. The van der Waals surface area contributed by atoms with E-state index in [2.05, 4.69) is 48.2 Å². The summed E-state index contributed by atoms with van der Waals surface area (Å²) in [4.78, 5) is 2.77.